The van der Waals surface area contributed by atoms with Gasteiger partial charge in [-0.05, 0) is 19.8 Å². The third-order valence-electron chi connectivity index (χ3n) is 2.31. The average Bonchev–Trinajstić information content (AvgIpc) is 2.25. The average molecular weight is 282 g/mol. The highest BCUT2D eigenvalue weighted by molar-refractivity contribution is 7.87. The highest BCUT2D eigenvalue weighted by Crippen LogP contribution is 2.05. The highest BCUT2D eigenvalue weighted by atomic mass is 32.2. The maximum absolute atomic E-state index is 12.0. The van der Waals surface area contributed by atoms with Gasteiger partial charge in [-0.3, -0.25) is 4.79 Å². The molecule has 0 aliphatic rings. The Kier molecular flexibility index (Phi) is 7.37. The predicted molar refractivity (Wildman–Crippen MR) is 67.3 cm³/mol. The van der Waals surface area contributed by atoms with Crippen molar-refractivity contribution in [3.05, 3.63) is 0 Å². The fraction of sp³-hybridized carbons (Fsp3) is 0.900. The van der Waals surface area contributed by atoms with Crippen molar-refractivity contribution < 1.29 is 23.4 Å². The maximum atomic E-state index is 12.0. The minimum atomic E-state index is -3.89. The molecule has 2 unspecified atom stereocenters. The number of hydrogen-bond donors (Lipinski definition) is 3. The van der Waals surface area contributed by atoms with Gasteiger partial charge in [-0.25, -0.2) is 0 Å². The van der Waals surface area contributed by atoms with Crippen LogP contribution in [0.25, 0.3) is 0 Å². The summed E-state index contributed by atoms with van der Waals surface area (Å²) in [5, 5.41) is 18.1. The molecule has 0 bridgehead atoms. The second kappa shape index (κ2) is 7.67. The number of aliphatic carboxylic acids is 1. The van der Waals surface area contributed by atoms with Gasteiger partial charge >= 0.3 is 5.97 Å². The van der Waals surface area contributed by atoms with Crippen molar-refractivity contribution in [1.82, 2.24) is 9.03 Å². The zero-order valence-electron chi connectivity index (χ0n) is 11.0. The van der Waals surface area contributed by atoms with Gasteiger partial charge in [-0.15, -0.1) is 0 Å². The van der Waals surface area contributed by atoms with E-state index < -0.39 is 28.3 Å². The Morgan fingerprint density at radius 2 is 1.72 bits per heavy atom. The highest BCUT2D eigenvalue weighted by Gasteiger charge is 2.31. The number of carbonyl (C=O) groups is 1. The van der Waals surface area contributed by atoms with Gasteiger partial charge in [0.05, 0.1) is 6.10 Å². The van der Waals surface area contributed by atoms with E-state index in [4.69, 9.17) is 5.11 Å². The lowest BCUT2D eigenvalue weighted by Gasteiger charge is -2.24. The molecule has 0 spiro atoms. The molecule has 0 amide bonds. The Bertz CT molecular complexity index is 349. The molecule has 0 aromatic rings. The summed E-state index contributed by atoms with van der Waals surface area (Å²) in [6.07, 6.45) is -0.0388. The summed E-state index contributed by atoms with van der Waals surface area (Å²) < 4.78 is 27.1. The second-order valence-corrected chi connectivity index (χ2v) is 5.78. The molecule has 0 heterocycles. The maximum Gasteiger partial charge on any atom is 0.324 e. The van der Waals surface area contributed by atoms with E-state index >= 15 is 0 Å². The SMILES string of the molecule is CCCN(CCC)S(=O)(=O)NC(C(=O)O)C(C)O. The fourth-order valence-corrected chi connectivity index (χ4v) is 3.05. The van der Waals surface area contributed by atoms with Crippen LogP contribution in [0, 0.1) is 0 Å². The lowest BCUT2D eigenvalue weighted by molar-refractivity contribution is -0.141. The van der Waals surface area contributed by atoms with Gasteiger partial charge in [-0.1, -0.05) is 13.8 Å². The number of hydrogen-bond acceptors (Lipinski definition) is 4. The second-order valence-electron chi connectivity index (χ2n) is 4.08. The van der Waals surface area contributed by atoms with Crippen molar-refractivity contribution in [3.63, 3.8) is 0 Å². The van der Waals surface area contributed by atoms with Gasteiger partial charge in [0.15, 0.2) is 0 Å². The molecule has 8 heteroatoms. The van der Waals surface area contributed by atoms with Crippen molar-refractivity contribution in [1.29, 1.82) is 0 Å². The third-order valence-corrected chi connectivity index (χ3v) is 3.91. The minimum absolute atomic E-state index is 0.315. The molecule has 108 valence electrons. The summed E-state index contributed by atoms with van der Waals surface area (Å²) in [5.74, 6) is -1.40. The zero-order valence-corrected chi connectivity index (χ0v) is 11.8. The quantitative estimate of drug-likeness (QED) is 0.542. The molecule has 0 aliphatic heterocycles. The molecular formula is C10H22N2O5S. The first kappa shape index (κ1) is 17.3. The van der Waals surface area contributed by atoms with Crippen molar-refractivity contribution in [3.8, 4) is 0 Å². The Balaban J connectivity index is 4.93. The molecule has 0 aromatic heterocycles. The van der Waals surface area contributed by atoms with E-state index in [2.05, 4.69) is 0 Å². The van der Waals surface area contributed by atoms with Gasteiger partial charge in [0, 0.05) is 13.1 Å². The van der Waals surface area contributed by atoms with Crippen LogP contribution in [-0.2, 0) is 15.0 Å². The van der Waals surface area contributed by atoms with Crippen LogP contribution in [0.1, 0.15) is 33.6 Å². The minimum Gasteiger partial charge on any atom is -0.480 e. The van der Waals surface area contributed by atoms with Crippen molar-refractivity contribution in [2.45, 2.75) is 45.8 Å². The smallest absolute Gasteiger partial charge is 0.324 e. The van der Waals surface area contributed by atoms with Gasteiger partial charge in [0.25, 0.3) is 10.2 Å². The van der Waals surface area contributed by atoms with Gasteiger partial charge in [-0.2, -0.15) is 17.4 Å². The molecule has 7 nitrogen and oxygen atoms in total. The summed E-state index contributed by atoms with van der Waals surface area (Å²) in [6, 6.07) is -1.54. The predicted octanol–water partition coefficient (Wildman–Crippen LogP) is -0.223. The molecule has 0 radical (unpaired) electrons. The van der Waals surface area contributed by atoms with Crippen LogP contribution in [0.4, 0.5) is 0 Å². The van der Waals surface area contributed by atoms with Gasteiger partial charge in [0.1, 0.15) is 6.04 Å². The summed E-state index contributed by atoms with van der Waals surface area (Å²) in [4.78, 5) is 10.9. The van der Waals surface area contributed by atoms with Gasteiger partial charge < -0.3 is 10.2 Å². The van der Waals surface area contributed by atoms with Crippen LogP contribution < -0.4 is 4.72 Å². The Hall–Kier alpha value is -0.700. The van der Waals surface area contributed by atoms with Crippen molar-refractivity contribution in [2.75, 3.05) is 13.1 Å². The molecule has 3 N–H and O–H groups in total. The van der Waals surface area contributed by atoms with Crippen LogP contribution in [-0.4, -0.2) is 54.1 Å². The van der Waals surface area contributed by atoms with E-state index in [0.717, 1.165) is 0 Å². The number of aliphatic hydroxyl groups is 1. The van der Waals surface area contributed by atoms with Crippen LogP contribution in [0.2, 0.25) is 0 Å². The first-order valence-corrected chi connectivity index (χ1v) is 7.38. The van der Waals surface area contributed by atoms with Crippen LogP contribution in [0.15, 0.2) is 0 Å². The van der Waals surface area contributed by atoms with E-state index in [1.54, 1.807) is 0 Å². The Morgan fingerprint density at radius 3 is 2.00 bits per heavy atom. The topological polar surface area (TPSA) is 107 Å². The molecule has 0 aliphatic carbocycles. The molecule has 0 saturated heterocycles. The summed E-state index contributed by atoms with van der Waals surface area (Å²) in [7, 11) is -3.89. The number of nitrogens with one attached hydrogen (secondary N) is 1. The van der Waals surface area contributed by atoms with Crippen molar-refractivity contribution >= 4 is 16.2 Å². The third kappa shape index (κ3) is 5.30. The summed E-state index contributed by atoms with van der Waals surface area (Å²) in [6.45, 7) is 5.53. The number of rotatable bonds is 9. The van der Waals surface area contributed by atoms with Crippen LogP contribution in [0.5, 0.6) is 0 Å². The fourth-order valence-electron chi connectivity index (χ4n) is 1.44. The molecule has 0 fully saturated rings. The standard InChI is InChI=1S/C10H22N2O5S/c1-4-6-12(7-5-2)18(16,17)11-9(8(3)13)10(14)15/h8-9,11,13H,4-7H2,1-3H3,(H,14,15). The number of carboxylic acid groups (broad SMARTS) is 1. The van der Waals surface area contributed by atoms with Gasteiger partial charge in [0.2, 0.25) is 0 Å². The number of nitrogens with zero attached hydrogens (tertiary/aromatic N) is 1. The van der Waals surface area contributed by atoms with E-state index in [1.807, 2.05) is 18.6 Å². The first-order valence-electron chi connectivity index (χ1n) is 5.94. The molecule has 18 heavy (non-hydrogen) atoms. The summed E-state index contributed by atoms with van der Waals surface area (Å²) >= 11 is 0. The lowest BCUT2D eigenvalue weighted by atomic mass is 10.2. The number of aliphatic hydroxyl groups excluding tert-OH is 1. The van der Waals surface area contributed by atoms with Crippen LogP contribution >= 0.6 is 0 Å². The first-order chi connectivity index (χ1) is 8.26. The Morgan fingerprint density at radius 1 is 1.28 bits per heavy atom. The monoisotopic (exact) mass is 282 g/mol. The molecule has 0 saturated carbocycles. The van der Waals surface area contributed by atoms with E-state index in [0.29, 0.717) is 25.9 Å². The normalized spacial score (nSPS) is 15.6. The van der Waals surface area contributed by atoms with Crippen molar-refractivity contribution in [2.24, 2.45) is 0 Å². The van der Waals surface area contributed by atoms with Crippen LogP contribution in [0.3, 0.4) is 0 Å². The zero-order chi connectivity index (χ0) is 14.3. The van der Waals surface area contributed by atoms with E-state index in [9.17, 15) is 18.3 Å². The lowest BCUT2D eigenvalue weighted by Crippen LogP contribution is -2.52. The largest absolute Gasteiger partial charge is 0.480 e. The van der Waals surface area contributed by atoms with E-state index in [1.165, 1.54) is 11.2 Å². The molecular weight excluding hydrogens is 260 g/mol. The molecule has 0 aromatic carbocycles. The number of carboxylic acids is 1. The molecule has 0 rings (SSSR count). The molecule has 2 atom stereocenters. The Labute approximate surface area is 108 Å². The summed E-state index contributed by atoms with van der Waals surface area (Å²) in [5.41, 5.74) is 0. The van der Waals surface area contributed by atoms with E-state index in [-0.39, 0.29) is 0 Å².